The lowest BCUT2D eigenvalue weighted by Crippen LogP contribution is -2.37. The number of ether oxygens (including phenoxy) is 1. The predicted octanol–water partition coefficient (Wildman–Crippen LogP) is 2.55. The van der Waals surface area contributed by atoms with E-state index in [0.29, 0.717) is 6.54 Å². The zero-order chi connectivity index (χ0) is 14.2. The van der Waals surface area contributed by atoms with E-state index in [2.05, 4.69) is 34.7 Å². The van der Waals surface area contributed by atoms with E-state index in [-0.39, 0.29) is 0 Å². The van der Waals surface area contributed by atoms with Crippen LogP contribution in [-0.2, 0) is 6.54 Å². The molecule has 0 radical (unpaired) electrons. The zero-order valence-electron chi connectivity index (χ0n) is 12.5. The molecule has 2 rings (SSSR count). The minimum absolute atomic E-state index is 0.683. The fourth-order valence-corrected chi connectivity index (χ4v) is 2.04. The van der Waals surface area contributed by atoms with E-state index in [0.717, 1.165) is 30.7 Å². The smallest absolute Gasteiger partial charge is 0.191 e. The van der Waals surface area contributed by atoms with Gasteiger partial charge in [-0.2, -0.15) is 0 Å². The van der Waals surface area contributed by atoms with Gasteiger partial charge in [0.25, 0.3) is 0 Å². The Morgan fingerprint density at radius 1 is 1.25 bits per heavy atom. The number of methoxy groups -OCH3 is 1. The second-order valence-corrected chi connectivity index (χ2v) is 5.20. The molecule has 0 unspecified atom stereocenters. The van der Waals surface area contributed by atoms with Crippen LogP contribution in [0.4, 0.5) is 0 Å². The summed E-state index contributed by atoms with van der Waals surface area (Å²) in [4.78, 5) is 4.61. The minimum Gasteiger partial charge on any atom is -0.497 e. The van der Waals surface area contributed by atoms with Gasteiger partial charge in [0.1, 0.15) is 5.75 Å². The fraction of sp³-hybridized carbons (Fsp3) is 0.562. The highest BCUT2D eigenvalue weighted by molar-refractivity contribution is 5.79. The van der Waals surface area contributed by atoms with Crippen molar-refractivity contribution in [3.63, 3.8) is 0 Å². The monoisotopic (exact) mass is 275 g/mol. The highest BCUT2D eigenvalue weighted by Crippen LogP contribution is 2.31. The van der Waals surface area contributed by atoms with Gasteiger partial charge in [-0.15, -0.1) is 0 Å². The molecular formula is C16H25N3O. The quantitative estimate of drug-likeness (QED) is 0.594. The molecule has 0 aromatic heterocycles. The molecule has 1 aromatic carbocycles. The number of rotatable bonds is 7. The van der Waals surface area contributed by atoms with E-state index in [1.165, 1.54) is 24.8 Å². The first kappa shape index (κ1) is 14.7. The van der Waals surface area contributed by atoms with E-state index < -0.39 is 0 Å². The standard InChI is InChI=1S/C16H25N3O/c1-3-17-16(18-11-10-13-4-5-13)19-12-14-6-8-15(20-2)9-7-14/h6-9,13H,3-5,10-12H2,1-2H3,(H2,17,18,19). The lowest BCUT2D eigenvalue weighted by Gasteiger charge is -2.11. The Morgan fingerprint density at radius 3 is 2.60 bits per heavy atom. The van der Waals surface area contributed by atoms with Gasteiger partial charge in [-0.3, -0.25) is 0 Å². The van der Waals surface area contributed by atoms with Crippen LogP contribution < -0.4 is 15.4 Å². The van der Waals surface area contributed by atoms with E-state index in [9.17, 15) is 0 Å². The maximum absolute atomic E-state index is 5.15. The van der Waals surface area contributed by atoms with Crippen molar-refractivity contribution < 1.29 is 4.74 Å². The van der Waals surface area contributed by atoms with Crippen LogP contribution >= 0.6 is 0 Å². The van der Waals surface area contributed by atoms with E-state index >= 15 is 0 Å². The van der Waals surface area contributed by atoms with Crippen LogP contribution in [-0.4, -0.2) is 26.2 Å². The molecule has 1 fully saturated rings. The summed E-state index contributed by atoms with van der Waals surface area (Å²) in [6.07, 6.45) is 4.06. The van der Waals surface area contributed by atoms with Gasteiger partial charge in [0.2, 0.25) is 0 Å². The van der Waals surface area contributed by atoms with Crippen molar-refractivity contribution in [2.75, 3.05) is 20.2 Å². The van der Waals surface area contributed by atoms with Gasteiger partial charge in [-0.25, -0.2) is 4.99 Å². The van der Waals surface area contributed by atoms with Gasteiger partial charge in [-0.1, -0.05) is 25.0 Å². The Balaban J connectivity index is 1.82. The summed E-state index contributed by atoms with van der Waals surface area (Å²) in [5.74, 6) is 2.74. The van der Waals surface area contributed by atoms with Gasteiger partial charge in [0, 0.05) is 13.1 Å². The molecule has 0 bridgehead atoms. The van der Waals surface area contributed by atoms with Crippen molar-refractivity contribution in [3.05, 3.63) is 29.8 Å². The van der Waals surface area contributed by atoms with Crippen LogP contribution in [0.2, 0.25) is 0 Å². The predicted molar refractivity (Wildman–Crippen MR) is 83.2 cm³/mol. The molecule has 20 heavy (non-hydrogen) atoms. The largest absolute Gasteiger partial charge is 0.497 e. The number of guanidine groups is 1. The second kappa shape index (κ2) is 7.78. The van der Waals surface area contributed by atoms with Gasteiger partial charge >= 0.3 is 0 Å². The van der Waals surface area contributed by atoms with Crippen LogP contribution in [0.15, 0.2) is 29.3 Å². The molecule has 1 saturated carbocycles. The van der Waals surface area contributed by atoms with Gasteiger partial charge in [-0.05, 0) is 37.0 Å². The molecule has 110 valence electrons. The third-order valence-electron chi connectivity index (χ3n) is 3.46. The van der Waals surface area contributed by atoms with Crippen LogP contribution in [0.3, 0.4) is 0 Å². The molecule has 0 heterocycles. The van der Waals surface area contributed by atoms with E-state index in [1.807, 2.05) is 12.1 Å². The maximum Gasteiger partial charge on any atom is 0.191 e. The molecule has 0 amide bonds. The van der Waals surface area contributed by atoms with Gasteiger partial charge in [0.05, 0.1) is 13.7 Å². The molecule has 0 atom stereocenters. The molecule has 0 saturated heterocycles. The molecule has 1 aliphatic rings. The first-order chi connectivity index (χ1) is 9.81. The topological polar surface area (TPSA) is 45.7 Å². The van der Waals surface area contributed by atoms with Crippen LogP contribution in [0.25, 0.3) is 0 Å². The van der Waals surface area contributed by atoms with Gasteiger partial charge < -0.3 is 15.4 Å². The van der Waals surface area contributed by atoms with Crippen LogP contribution in [0, 0.1) is 5.92 Å². The summed E-state index contributed by atoms with van der Waals surface area (Å²) >= 11 is 0. The third-order valence-corrected chi connectivity index (χ3v) is 3.46. The van der Waals surface area contributed by atoms with Crippen molar-refractivity contribution in [1.29, 1.82) is 0 Å². The molecule has 1 aromatic rings. The highest BCUT2D eigenvalue weighted by atomic mass is 16.5. The molecule has 4 heteroatoms. The molecular weight excluding hydrogens is 250 g/mol. The van der Waals surface area contributed by atoms with Crippen molar-refractivity contribution in [2.24, 2.45) is 10.9 Å². The third kappa shape index (κ3) is 5.11. The maximum atomic E-state index is 5.15. The molecule has 0 spiro atoms. The van der Waals surface area contributed by atoms with Crippen LogP contribution in [0.5, 0.6) is 5.75 Å². The SMILES string of the molecule is CCNC(=NCc1ccc(OC)cc1)NCCC1CC1. The first-order valence-electron chi connectivity index (χ1n) is 7.47. The average Bonchev–Trinajstić information content (AvgIpc) is 3.29. The summed E-state index contributed by atoms with van der Waals surface area (Å²) in [6, 6.07) is 8.04. The first-order valence-corrected chi connectivity index (χ1v) is 7.47. The molecule has 0 aliphatic heterocycles. The number of nitrogens with zero attached hydrogens (tertiary/aromatic N) is 1. The summed E-state index contributed by atoms with van der Waals surface area (Å²) in [5, 5.41) is 6.68. The Hall–Kier alpha value is -1.71. The van der Waals surface area contributed by atoms with Crippen LogP contribution in [0.1, 0.15) is 31.7 Å². The van der Waals surface area contributed by atoms with Gasteiger partial charge in [0.15, 0.2) is 5.96 Å². The summed E-state index contributed by atoms with van der Waals surface area (Å²) in [7, 11) is 1.68. The number of nitrogens with one attached hydrogen (secondary N) is 2. The number of hydrogen-bond acceptors (Lipinski definition) is 2. The molecule has 1 aliphatic carbocycles. The summed E-state index contributed by atoms with van der Waals surface area (Å²) in [5.41, 5.74) is 1.19. The van der Waals surface area contributed by atoms with Crippen molar-refractivity contribution in [3.8, 4) is 5.75 Å². The highest BCUT2D eigenvalue weighted by Gasteiger charge is 2.20. The minimum atomic E-state index is 0.683. The van der Waals surface area contributed by atoms with Crippen molar-refractivity contribution in [1.82, 2.24) is 10.6 Å². The second-order valence-electron chi connectivity index (χ2n) is 5.20. The Morgan fingerprint density at radius 2 is 2.00 bits per heavy atom. The lowest BCUT2D eigenvalue weighted by molar-refractivity contribution is 0.414. The number of benzene rings is 1. The molecule has 4 nitrogen and oxygen atoms in total. The Bertz CT molecular complexity index is 424. The normalized spacial score (nSPS) is 15.0. The summed E-state index contributed by atoms with van der Waals surface area (Å²) < 4.78 is 5.15. The lowest BCUT2D eigenvalue weighted by atomic mass is 10.2. The molecule has 2 N–H and O–H groups in total. The van der Waals surface area contributed by atoms with E-state index in [1.54, 1.807) is 7.11 Å². The zero-order valence-corrected chi connectivity index (χ0v) is 12.5. The van der Waals surface area contributed by atoms with Crippen molar-refractivity contribution in [2.45, 2.75) is 32.7 Å². The summed E-state index contributed by atoms with van der Waals surface area (Å²) in [6.45, 7) is 4.67. The number of hydrogen-bond donors (Lipinski definition) is 2. The average molecular weight is 275 g/mol. The Kier molecular flexibility index (Phi) is 5.71. The van der Waals surface area contributed by atoms with E-state index in [4.69, 9.17) is 4.74 Å². The fourth-order valence-electron chi connectivity index (χ4n) is 2.04. The van der Waals surface area contributed by atoms with Crippen molar-refractivity contribution >= 4 is 5.96 Å². The number of aliphatic imine (C=N–C) groups is 1. The Labute approximate surface area is 121 Å².